The second-order valence-electron chi connectivity index (χ2n) is 5.22. The molecule has 0 fully saturated rings. The molecule has 0 radical (unpaired) electrons. The number of rotatable bonds is 6. The molecule has 2 aromatic carbocycles. The molecule has 1 amide bonds. The molecule has 0 aromatic heterocycles. The first-order chi connectivity index (χ1) is 10.6. The first-order valence-electron chi connectivity index (χ1n) is 7.36. The summed E-state index contributed by atoms with van der Waals surface area (Å²) >= 11 is 0. The molecule has 0 saturated heterocycles. The molecule has 1 atom stereocenters. The number of hydrogen-bond donors (Lipinski definition) is 1. The molecule has 2 aromatic rings. The SMILES string of the molecule is CC[C@@H](C)c1ccc(NC(=O)COc2ccc(F)cc2)cc1. The van der Waals surface area contributed by atoms with E-state index < -0.39 is 0 Å². The number of hydrogen-bond acceptors (Lipinski definition) is 2. The van der Waals surface area contributed by atoms with Crippen LogP contribution in [-0.2, 0) is 4.79 Å². The lowest BCUT2D eigenvalue weighted by atomic mass is 9.99. The molecule has 0 heterocycles. The van der Waals surface area contributed by atoms with Crippen LogP contribution in [0.3, 0.4) is 0 Å². The van der Waals surface area contributed by atoms with E-state index in [0.29, 0.717) is 11.7 Å². The van der Waals surface area contributed by atoms with E-state index in [1.165, 1.54) is 29.8 Å². The Labute approximate surface area is 130 Å². The van der Waals surface area contributed by atoms with Crippen LogP contribution in [0.25, 0.3) is 0 Å². The van der Waals surface area contributed by atoms with Crippen LogP contribution in [-0.4, -0.2) is 12.5 Å². The van der Waals surface area contributed by atoms with Crippen molar-refractivity contribution in [2.45, 2.75) is 26.2 Å². The fourth-order valence-electron chi connectivity index (χ4n) is 2.01. The van der Waals surface area contributed by atoms with Crippen molar-refractivity contribution in [2.24, 2.45) is 0 Å². The molecule has 0 aliphatic carbocycles. The zero-order valence-corrected chi connectivity index (χ0v) is 12.8. The van der Waals surface area contributed by atoms with Gasteiger partial charge in [0.2, 0.25) is 0 Å². The Balaban J connectivity index is 1.85. The van der Waals surface area contributed by atoms with Crippen LogP contribution in [0.15, 0.2) is 48.5 Å². The maximum absolute atomic E-state index is 12.8. The first-order valence-corrected chi connectivity index (χ1v) is 7.36. The number of amides is 1. The number of benzene rings is 2. The molecule has 0 unspecified atom stereocenters. The Morgan fingerprint density at radius 2 is 1.77 bits per heavy atom. The lowest BCUT2D eigenvalue weighted by Crippen LogP contribution is -2.20. The minimum Gasteiger partial charge on any atom is -0.484 e. The Hall–Kier alpha value is -2.36. The van der Waals surface area contributed by atoms with Gasteiger partial charge in [0.25, 0.3) is 5.91 Å². The smallest absolute Gasteiger partial charge is 0.262 e. The molecular formula is C18H20FNO2. The van der Waals surface area contributed by atoms with E-state index in [-0.39, 0.29) is 18.3 Å². The summed E-state index contributed by atoms with van der Waals surface area (Å²) in [6.07, 6.45) is 1.08. The van der Waals surface area contributed by atoms with Gasteiger partial charge in [-0.25, -0.2) is 4.39 Å². The number of nitrogens with one attached hydrogen (secondary N) is 1. The van der Waals surface area contributed by atoms with Crippen molar-refractivity contribution in [3.8, 4) is 5.75 Å². The second-order valence-corrected chi connectivity index (χ2v) is 5.22. The van der Waals surface area contributed by atoms with Crippen molar-refractivity contribution < 1.29 is 13.9 Å². The van der Waals surface area contributed by atoms with Crippen LogP contribution in [0.4, 0.5) is 10.1 Å². The highest BCUT2D eigenvalue weighted by Gasteiger charge is 2.06. The van der Waals surface area contributed by atoms with E-state index in [2.05, 4.69) is 19.2 Å². The van der Waals surface area contributed by atoms with Crippen LogP contribution in [0, 0.1) is 5.82 Å². The highest BCUT2D eigenvalue weighted by Crippen LogP contribution is 2.20. The summed E-state index contributed by atoms with van der Waals surface area (Å²) in [5.41, 5.74) is 1.99. The molecule has 0 spiro atoms. The van der Waals surface area contributed by atoms with Crippen molar-refractivity contribution in [1.82, 2.24) is 0 Å². The summed E-state index contributed by atoms with van der Waals surface area (Å²) in [7, 11) is 0. The van der Waals surface area contributed by atoms with Gasteiger partial charge in [-0.3, -0.25) is 4.79 Å². The molecule has 2 rings (SSSR count). The van der Waals surface area contributed by atoms with E-state index in [0.717, 1.165) is 12.1 Å². The summed E-state index contributed by atoms with van der Waals surface area (Å²) in [6.45, 7) is 4.20. The number of carbonyl (C=O) groups excluding carboxylic acids is 1. The van der Waals surface area contributed by atoms with Gasteiger partial charge in [0.1, 0.15) is 11.6 Å². The molecule has 116 valence electrons. The maximum atomic E-state index is 12.8. The molecule has 3 nitrogen and oxygen atoms in total. The maximum Gasteiger partial charge on any atom is 0.262 e. The Bertz CT molecular complexity index is 608. The normalized spacial score (nSPS) is 11.8. The minimum absolute atomic E-state index is 0.112. The molecule has 0 aliphatic rings. The van der Waals surface area contributed by atoms with Crippen LogP contribution in [0.2, 0.25) is 0 Å². The van der Waals surface area contributed by atoms with Crippen molar-refractivity contribution in [2.75, 3.05) is 11.9 Å². The standard InChI is InChI=1S/C18H20FNO2/c1-3-13(2)14-4-8-16(9-5-14)20-18(21)12-22-17-10-6-15(19)7-11-17/h4-11,13H,3,12H2,1-2H3,(H,20,21)/t13-/m1/s1. The zero-order valence-electron chi connectivity index (χ0n) is 12.8. The summed E-state index contributed by atoms with van der Waals surface area (Å²) in [6, 6.07) is 13.4. The van der Waals surface area contributed by atoms with Crippen molar-refractivity contribution >= 4 is 11.6 Å². The monoisotopic (exact) mass is 301 g/mol. The van der Waals surface area contributed by atoms with Gasteiger partial charge >= 0.3 is 0 Å². The van der Waals surface area contributed by atoms with Gasteiger partial charge < -0.3 is 10.1 Å². The van der Waals surface area contributed by atoms with Crippen molar-refractivity contribution in [1.29, 1.82) is 0 Å². The number of anilines is 1. The third kappa shape index (κ3) is 4.58. The molecule has 0 aliphatic heterocycles. The van der Waals surface area contributed by atoms with Crippen LogP contribution in [0.1, 0.15) is 31.7 Å². The molecule has 22 heavy (non-hydrogen) atoms. The van der Waals surface area contributed by atoms with Gasteiger partial charge in [-0.1, -0.05) is 26.0 Å². The zero-order chi connectivity index (χ0) is 15.9. The van der Waals surface area contributed by atoms with Gasteiger partial charge in [-0.05, 0) is 54.3 Å². The van der Waals surface area contributed by atoms with E-state index >= 15 is 0 Å². The number of halogens is 1. The van der Waals surface area contributed by atoms with E-state index in [1.807, 2.05) is 24.3 Å². The van der Waals surface area contributed by atoms with Gasteiger partial charge in [-0.15, -0.1) is 0 Å². The number of ether oxygens (including phenoxy) is 1. The minimum atomic E-state index is -0.335. The lowest BCUT2D eigenvalue weighted by Gasteiger charge is -2.11. The number of carbonyl (C=O) groups is 1. The van der Waals surface area contributed by atoms with Crippen LogP contribution in [0.5, 0.6) is 5.75 Å². The molecular weight excluding hydrogens is 281 g/mol. The van der Waals surface area contributed by atoms with Crippen LogP contribution >= 0.6 is 0 Å². The van der Waals surface area contributed by atoms with Crippen molar-refractivity contribution in [3.05, 3.63) is 59.9 Å². The van der Waals surface area contributed by atoms with Gasteiger partial charge in [0.15, 0.2) is 6.61 Å². The summed E-state index contributed by atoms with van der Waals surface area (Å²) in [5, 5.41) is 2.77. The van der Waals surface area contributed by atoms with Gasteiger partial charge in [-0.2, -0.15) is 0 Å². The summed E-state index contributed by atoms with van der Waals surface area (Å²) in [4.78, 5) is 11.8. The average Bonchev–Trinajstić information content (AvgIpc) is 2.54. The van der Waals surface area contributed by atoms with Crippen molar-refractivity contribution in [3.63, 3.8) is 0 Å². The topological polar surface area (TPSA) is 38.3 Å². The quantitative estimate of drug-likeness (QED) is 0.861. The van der Waals surface area contributed by atoms with E-state index in [9.17, 15) is 9.18 Å². The van der Waals surface area contributed by atoms with Gasteiger partial charge in [0, 0.05) is 5.69 Å². The molecule has 0 saturated carbocycles. The largest absolute Gasteiger partial charge is 0.484 e. The van der Waals surface area contributed by atoms with Crippen LogP contribution < -0.4 is 10.1 Å². The lowest BCUT2D eigenvalue weighted by molar-refractivity contribution is -0.118. The third-order valence-electron chi connectivity index (χ3n) is 3.56. The Kier molecular flexibility index (Phi) is 5.53. The summed E-state index contributed by atoms with van der Waals surface area (Å²) in [5.74, 6) is 0.383. The highest BCUT2D eigenvalue weighted by atomic mass is 19.1. The Morgan fingerprint density at radius 3 is 2.36 bits per heavy atom. The first kappa shape index (κ1) is 16.0. The predicted octanol–water partition coefficient (Wildman–Crippen LogP) is 4.36. The Morgan fingerprint density at radius 1 is 1.14 bits per heavy atom. The highest BCUT2D eigenvalue weighted by molar-refractivity contribution is 5.91. The van der Waals surface area contributed by atoms with E-state index in [1.54, 1.807) is 0 Å². The molecule has 0 bridgehead atoms. The second kappa shape index (κ2) is 7.59. The van der Waals surface area contributed by atoms with Gasteiger partial charge in [0.05, 0.1) is 0 Å². The fourth-order valence-corrected chi connectivity index (χ4v) is 2.01. The average molecular weight is 301 g/mol. The van der Waals surface area contributed by atoms with E-state index in [4.69, 9.17) is 4.74 Å². The molecule has 1 N–H and O–H groups in total. The third-order valence-corrected chi connectivity index (χ3v) is 3.56. The fraction of sp³-hybridized carbons (Fsp3) is 0.278. The summed E-state index contributed by atoms with van der Waals surface area (Å²) < 4.78 is 18.0. The molecule has 4 heteroatoms. The predicted molar refractivity (Wildman–Crippen MR) is 85.7 cm³/mol.